The van der Waals surface area contributed by atoms with Gasteiger partial charge in [0, 0.05) is 6.42 Å². The number of allylic oxidation sites excluding steroid dienone is 1. The van der Waals surface area contributed by atoms with Crippen LogP contribution in [-0.2, 0) is 9.59 Å². The van der Waals surface area contributed by atoms with E-state index in [2.05, 4.69) is 19.2 Å². The van der Waals surface area contributed by atoms with Crippen molar-refractivity contribution in [3.8, 4) is 0 Å². The topological polar surface area (TPSA) is 86.6 Å². The molecule has 0 bridgehead atoms. The van der Waals surface area contributed by atoms with Crippen molar-refractivity contribution in [3.05, 3.63) is 12.2 Å². The quantitative estimate of drug-likeness (QED) is 0.0473. The molecule has 0 fully saturated rings. The van der Waals surface area contributed by atoms with Gasteiger partial charge in [0.15, 0.2) is 0 Å². The molecule has 5 nitrogen and oxygen atoms in total. The Morgan fingerprint density at radius 1 is 0.615 bits per heavy atom. The SMILES string of the molecule is CCCCCCCCCCCCC/C=C/C(O)C(CO)NC(=O)C(=O)CCCCCCCCCCCCCC. The lowest BCUT2D eigenvalue weighted by Crippen LogP contribution is -2.47. The molecule has 0 rings (SSSR count). The minimum Gasteiger partial charge on any atom is -0.394 e. The van der Waals surface area contributed by atoms with E-state index in [0.29, 0.717) is 6.42 Å². The number of hydrogen-bond donors (Lipinski definition) is 3. The van der Waals surface area contributed by atoms with Gasteiger partial charge in [-0.1, -0.05) is 161 Å². The molecule has 0 aromatic carbocycles. The number of carbonyl (C=O) groups excluding carboxylic acids is 2. The van der Waals surface area contributed by atoms with E-state index in [9.17, 15) is 19.8 Å². The zero-order valence-corrected chi connectivity index (χ0v) is 25.9. The predicted molar refractivity (Wildman–Crippen MR) is 166 cm³/mol. The highest BCUT2D eigenvalue weighted by Crippen LogP contribution is 2.14. The van der Waals surface area contributed by atoms with E-state index in [1.807, 2.05) is 6.08 Å². The number of Topliss-reactive ketones (excluding diaryl/α,β-unsaturated/α-hetero) is 1. The predicted octanol–water partition coefficient (Wildman–Crippen LogP) is 8.74. The van der Waals surface area contributed by atoms with Crippen LogP contribution in [0.2, 0.25) is 0 Å². The molecule has 0 aliphatic carbocycles. The Labute approximate surface area is 242 Å². The summed E-state index contributed by atoms with van der Waals surface area (Å²) in [5, 5.41) is 22.4. The summed E-state index contributed by atoms with van der Waals surface area (Å²) in [6.07, 6.45) is 32.5. The number of hydrogen-bond acceptors (Lipinski definition) is 4. The van der Waals surface area contributed by atoms with Gasteiger partial charge < -0.3 is 15.5 Å². The lowest BCUT2D eigenvalue weighted by atomic mass is 10.0. The van der Waals surface area contributed by atoms with Gasteiger partial charge in [-0.2, -0.15) is 0 Å². The molecule has 0 saturated carbocycles. The van der Waals surface area contributed by atoms with Crippen LogP contribution in [-0.4, -0.2) is 40.7 Å². The summed E-state index contributed by atoms with van der Waals surface area (Å²) in [6.45, 7) is 4.10. The molecule has 230 valence electrons. The molecule has 3 N–H and O–H groups in total. The van der Waals surface area contributed by atoms with Crippen molar-refractivity contribution >= 4 is 11.7 Å². The Balaban J connectivity index is 3.79. The van der Waals surface area contributed by atoms with E-state index in [-0.39, 0.29) is 6.42 Å². The van der Waals surface area contributed by atoms with Crippen molar-refractivity contribution in [2.75, 3.05) is 6.61 Å². The second kappa shape index (κ2) is 29.8. The third-order valence-corrected chi connectivity index (χ3v) is 7.74. The smallest absolute Gasteiger partial charge is 0.287 e. The average Bonchev–Trinajstić information content (AvgIpc) is 2.94. The molecule has 0 spiro atoms. The third kappa shape index (κ3) is 25.5. The maximum atomic E-state index is 12.2. The second-order valence-corrected chi connectivity index (χ2v) is 11.6. The third-order valence-electron chi connectivity index (χ3n) is 7.74. The molecule has 0 radical (unpaired) electrons. The first kappa shape index (κ1) is 37.8. The van der Waals surface area contributed by atoms with Gasteiger partial charge in [-0.15, -0.1) is 0 Å². The average molecular weight is 552 g/mol. The van der Waals surface area contributed by atoms with E-state index in [1.54, 1.807) is 6.08 Å². The van der Waals surface area contributed by atoms with Crippen LogP contribution in [0, 0.1) is 0 Å². The van der Waals surface area contributed by atoms with Crippen LogP contribution in [0.1, 0.15) is 174 Å². The van der Waals surface area contributed by atoms with Gasteiger partial charge in [-0.05, 0) is 19.3 Å². The Morgan fingerprint density at radius 2 is 1.00 bits per heavy atom. The molecule has 0 aliphatic heterocycles. The van der Waals surface area contributed by atoms with Gasteiger partial charge in [0.25, 0.3) is 5.91 Å². The zero-order chi connectivity index (χ0) is 28.8. The van der Waals surface area contributed by atoms with E-state index in [4.69, 9.17) is 0 Å². The van der Waals surface area contributed by atoms with Crippen LogP contribution in [0.3, 0.4) is 0 Å². The molecular weight excluding hydrogens is 486 g/mol. The molecule has 0 heterocycles. The highest BCUT2D eigenvalue weighted by molar-refractivity contribution is 6.36. The molecular formula is C34H65NO4. The van der Waals surface area contributed by atoms with Gasteiger partial charge in [0.05, 0.1) is 18.8 Å². The molecule has 2 unspecified atom stereocenters. The summed E-state index contributed by atoms with van der Waals surface area (Å²) in [6, 6.07) is -0.850. The summed E-state index contributed by atoms with van der Waals surface area (Å²) < 4.78 is 0. The van der Waals surface area contributed by atoms with E-state index >= 15 is 0 Å². The largest absolute Gasteiger partial charge is 0.394 e. The van der Waals surface area contributed by atoms with E-state index in [0.717, 1.165) is 25.7 Å². The Bertz CT molecular complexity index is 578. The molecule has 5 heteroatoms. The Morgan fingerprint density at radius 3 is 1.41 bits per heavy atom. The Hall–Kier alpha value is -1.20. The molecule has 1 amide bonds. The van der Waals surface area contributed by atoms with Crippen LogP contribution in [0.25, 0.3) is 0 Å². The van der Waals surface area contributed by atoms with Gasteiger partial charge in [0.1, 0.15) is 0 Å². The number of aliphatic hydroxyl groups is 2. The Kier molecular flexibility index (Phi) is 28.9. The molecule has 0 aliphatic rings. The fraction of sp³-hybridized carbons (Fsp3) is 0.882. The first-order valence-electron chi connectivity index (χ1n) is 16.9. The lowest BCUT2D eigenvalue weighted by Gasteiger charge is -2.19. The van der Waals surface area contributed by atoms with Crippen LogP contribution in [0.5, 0.6) is 0 Å². The summed E-state index contributed by atoms with van der Waals surface area (Å²) in [7, 11) is 0. The van der Waals surface area contributed by atoms with Gasteiger partial charge in [0.2, 0.25) is 5.78 Å². The van der Waals surface area contributed by atoms with Gasteiger partial charge >= 0.3 is 0 Å². The monoisotopic (exact) mass is 551 g/mol. The van der Waals surface area contributed by atoms with E-state index < -0.39 is 30.4 Å². The second-order valence-electron chi connectivity index (χ2n) is 11.6. The molecule has 0 aromatic rings. The first-order valence-corrected chi connectivity index (χ1v) is 16.9. The van der Waals surface area contributed by atoms with Crippen LogP contribution < -0.4 is 5.32 Å². The van der Waals surface area contributed by atoms with Gasteiger partial charge in [-0.25, -0.2) is 0 Å². The maximum absolute atomic E-state index is 12.2. The highest BCUT2D eigenvalue weighted by atomic mass is 16.3. The number of ketones is 1. The molecule has 39 heavy (non-hydrogen) atoms. The van der Waals surface area contributed by atoms with Crippen LogP contribution in [0.15, 0.2) is 12.2 Å². The van der Waals surface area contributed by atoms with Crippen LogP contribution in [0.4, 0.5) is 0 Å². The summed E-state index contributed by atoms with van der Waals surface area (Å²) in [4.78, 5) is 24.4. The minimum absolute atomic E-state index is 0.228. The summed E-state index contributed by atoms with van der Waals surface area (Å²) in [5.41, 5.74) is 0. The molecule has 0 saturated heterocycles. The first-order chi connectivity index (χ1) is 19.1. The van der Waals surface area contributed by atoms with Crippen molar-refractivity contribution < 1.29 is 19.8 Å². The number of nitrogens with one attached hydrogen (secondary N) is 1. The van der Waals surface area contributed by atoms with Crippen molar-refractivity contribution in [2.24, 2.45) is 0 Å². The van der Waals surface area contributed by atoms with Crippen molar-refractivity contribution in [2.45, 2.75) is 187 Å². The van der Waals surface area contributed by atoms with Crippen molar-refractivity contribution in [1.82, 2.24) is 5.32 Å². The van der Waals surface area contributed by atoms with Gasteiger partial charge in [-0.3, -0.25) is 9.59 Å². The van der Waals surface area contributed by atoms with Crippen molar-refractivity contribution in [3.63, 3.8) is 0 Å². The normalized spacial score (nSPS) is 13.1. The summed E-state index contributed by atoms with van der Waals surface area (Å²) in [5.74, 6) is -1.16. The fourth-order valence-electron chi connectivity index (χ4n) is 5.02. The minimum atomic E-state index is -0.994. The highest BCUT2D eigenvalue weighted by Gasteiger charge is 2.22. The number of amides is 1. The number of unbranched alkanes of at least 4 members (excludes halogenated alkanes) is 22. The fourth-order valence-corrected chi connectivity index (χ4v) is 5.02. The number of carbonyl (C=O) groups is 2. The molecule has 0 aromatic heterocycles. The number of rotatable bonds is 30. The van der Waals surface area contributed by atoms with E-state index in [1.165, 1.54) is 122 Å². The summed E-state index contributed by atoms with van der Waals surface area (Å²) >= 11 is 0. The van der Waals surface area contributed by atoms with Crippen molar-refractivity contribution in [1.29, 1.82) is 0 Å². The maximum Gasteiger partial charge on any atom is 0.287 e. The standard InChI is InChI=1S/C34H65NO4/c1-3-5-7-9-11-13-15-17-19-20-22-24-26-28-32(37)31(30-36)35-34(39)33(38)29-27-25-23-21-18-16-14-12-10-8-6-4-2/h26,28,31-32,36-37H,3-25,27,29-30H2,1-2H3,(H,35,39)/b28-26+. The molecule has 2 atom stereocenters. The number of aliphatic hydroxyl groups excluding tert-OH is 2. The van der Waals surface area contributed by atoms with Crippen LogP contribution >= 0.6 is 0 Å². The zero-order valence-electron chi connectivity index (χ0n) is 25.9. The lowest BCUT2D eigenvalue weighted by molar-refractivity contribution is -0.139.